The van der Waals surface area contributed by atoms with Crippen molar-refractivity contribution in [2.45, 2.75) is 6.42 Å². The molecule has 9 heteroatoms. The first-order chi connectivity index (χ1) is 12.3. The van der Waals surface area contributed by atoms with Crippen molar-refractivity contribution in [1.82, 2.24) is 15.2 Å². The van der Waals surface area contributed by atoms with Gasteiger partial charge >= 0.3 is 11.9 Å². The lowest BCUT2D eigenvalue weighted by Crippen LogP contribution is -2.52. The Kier molecular flexibility index (Phi) is 7.28. The number of rotatable bonds is 3. The number of aromatic nitrogens is 1. The number of likely N-dealkylation sites (tertiary alicyclic amines) is 1. The Morgan fingerprint density at radius 3 is 2.19 bits per heavy atom. The van der Waals surface area contributed by atoms with Gasteiger partial charge in [-0.05, 0) is 53.3 Å². The smallest absolute Gasteiger partial charge is 0.328 e. The molecule has 0 radical (unpaired) electrons. The highest BCUT2D eigenvalue weighted by Crippen LogP contribution is 2.25. The number of halogens is 1. The van der Waals surface area contributed by atoms with E-state index in [1.165, 1.54) is 6.42 Å². The summed E-state index contributed by atoms with van der Waals surface area (Å²) in [7, 11) is 0. The van der Waals surface area contributed by atoms with Crippen LogP contribution in [0.4, 0.5) is 0 Å². The van der Waals surface area contributed by atoms with E-state index in [1.807, 2.05) is 11.0 Å². The third kappa shape index (κ3) is 6.23. The molecule has 2 saturated heterocycles. The topological polar surface area (TPSA) is 120 Å². The molecule has 140 valence electrons. The molecule has 2 atom stereocenters. The van der Waals surface area contributed by atoms with Crippen LogP contribution < -0.4 is 5.32 Å². The lowest BCUT2D eigenvalue weighted by Gasteiger charge is -2.41. The minimum absolute atomic E-state index is 0.111. The third-order valence-corrected chi connectivity index (χ3v) is 4.53. The predicted molar refractivity (Wildman–Crippen MR) is 96.7 cm³/mol. The third-order valence-electron chi connectivity index (χ3n) is 4.10. The highest BCUT2D eigenvalue weighted by molar-refractivity contribution is 9.10. The van der Waals surface area contributed by atoms with Crippen LogP contribution in [0.2, 0.25) is 0 Å². The summed E-state index contributed by atoms with van der Waals surface area (Å²) >= 11 is 3.36. The van der Waals surface area contributed by atoms with Crippen molar-refractivity contribution in [2.24, 2.45) is 11.8 Å². The summed E-state index contributed by atoms with van der Waals surface area (Å²) in [4.78, 5) is 37.6. The molecule has 2 aliphatic rings. The van der Waals surface area contributed by atoms with Crippen molar-refractivity contribution in [1.29, 1.82) is 0 Å². The largest absolute Gasteiger partial charge is 0.478 e. The minimum Gasteiger partial charge on any atom is -0.478 e. The summed E-state index contributed by atoms with van der Waals surface area (Å²) < 4.78 is 0.854. The standard InChI is InChI=1S/C13H16BrN3O.C4H4O4/c14-12-2-11(5-16-6-12)13(18)17-7-9-1-10(8-17)4-15-3-9;5-3(6)1-2-4(7)8/h2,5-6,9-10,15H,1,3-4,7-8H2;1-2H,(H,5,6)(H,7,8)/b;2-1+/t9-,10+;. The first-order valence-electron chi connectivity index (χ1n) is 8.09. The highest BCUT2D eigenvalue weighted by Gasteiger charge is 2.32. The molecule has 1 aromatic heterocycles. The van der Waals surface area contributed by atoms with Crippen LogP contribution in [0, 0.1) is 11.8 Å². The molecule has 8 nitrogen and oxygen atoms in total. The lowest BCUT2D eigenvalue weighted by molar-refractivity contribution is -0.134. The van der Waals surface area contributed by atoms with E-state index in [0.717, 1.165) is 30.7 Å². The van der Waals surface area contributed by atoms with Crippen molar-refractivity contribution >= 4 is 33.8 Å². The first-order valence-corrected chi connectivity index (χ1v) is 8.89. The maximum atomic E-state index is 12.4. The van der Waals surface area contributed by atoms with Crippen molar-refractivity contribution in [3.05, 3.63) is 40.6 Å². The zero-order valence-corrected chi connectivity index (χ0v) is 15.6. The molecule has 2 bridgehead atoms. The van der Waals surface area contributed by atoms with Gasteiger partial charge in [-0.1, -0.05) is 0 Å². The molecule has 3 N–H and O–H groups in total. The Morgan fingerprint density at radius 1 is 1.12 bits per heavy atom. The van der Waals surface area contributed by atoms with Crippen molar-refractivity contribution in [3.63, 3.8) is 0 Å². The van der Waals surface area contributed by atoms with Gasteiger partial charge in [-0.2, -0.15) is 0 Å². The average Bonchev–Trinajstić information content (AvgIpc) is 2.59. The number of fused-ring (bicyclic) bond motifs is 2. The number of nitrogens with one attached hydrogen (secondary N) is 1. The highest BCUT2D eigenvalue weighted by atomic mass is 79.9. The Bertz CT molecular complexity index is 681. The van der Waals surface area contributed by atoms with Gasteiger partial charge in [0.2, 0.25) is 0 Å². The minimum atomic E-state index is -1.26. The van der Waals surface area contributed by atoms with E-state index >= 15 is 0 Å². The molecule has 0 aliphatic carbocycles. The van der Waals surface area contributed by atoms with Crippen molar-refractivity contribution in [3.8, 4) is 0 Å². The van der Waals surface area contributed by atoms with Gasteiger partial charge in [0.05, 0.1) is 5.56 Å². The summed E-state index contributed by atoms with van der Waals surface area (Å²) in [6.45, 7) is 3.82. The number of hydrogen-bond acceptors (Lipinski definition) is 5. The second kappa shape index (κ2) is 9.44. The number of amides is 1. The van der Waals surface area contributed by atoms with Gasteiger partial charge in [-0.25, -0.2) is 9.59 Å². The van der Waals surface area contributed by atoms with E-state index in [4.69, 9.17) is 10.2 Å². The number of piperidine rings is 2. The van der Waals surface area contributed by atoms with Gasteiger partial charge in [-0.3, -0.25) is 9.78 Å². The summed E-state index contributed by atoms with van der Waals surface area (Å²) in [6.07, 6.45) is 5.72. The van der Waals surface area contributed by atoms with Gasteiger partial charge in [0.15, 0.2) is 0 Å². The van der Waals surface area contributed by atoms with Gasteiger partial charge in [0, 0.05) is 42.1 Å². The maximum Gasteiger partial charge on any atom is 0.328 e. The molecule has 3 rings (SSSR count). The molecule has 3 heterocycles. The first kappa shape index (κ1) is 20.1. The van der Waals surface area contributed by atoms with Crippen LogP contribution >= 0.6 is 15.9 Å². The Hall–Kier alpha value is -2.26. The van der Waals surface area contributed by atoms with Crippen molar-refractivity contribution < 1.29 is 24.6 Å². The summed E-state index contributed by atoms with van der Waals surface area (Å²) in [5.41, 5.74) is 0.678. The average molecular weight is 426 g/mol. The number of pyridine rings is 1. The molecule has 0 saturated carbocycles. The fourth-order valence-corrected chi connectivity index (χ4v) is 3.49. The zero-order chi connectivity index (χ0) is 19.1. The van der Waals surface area contributed by atoms with E-state index in [-0.39, 0.29) is 5.91 Å². The van der Waals surface area contributed by atoms with Crippen LogP contribution in [-0.4, -0.2) is 64.1 Å². The SMILES string of the molecule is O=C(O)/C=C/C(=O)O.O=C(c1cncc(Br)c1)N1C[C@@H]2CNC[C@@H](C2)C1. The number of aliphatic carboxylic acids is 2. The molecule has 2 fully saturated rings. The predicted octanol–water partition coefficient (Wildman–Crippen LogP) is 1.24. The van der Waals surface area contributed by atoms with Crippen LogP contribution in [0.15, 0.2) is 35.1 Å². The van der Waals surface area contributed by atoms with Crippen LogP contribution in [0.1, 0.15) is 16.8 Å². The number of carboxylic acid groups (broad SMARTS) is 2. The van der Waals surface area contributed by atoms with E-state index in [2.05, 4.69) is 26.2 Å². The molecular formula is C17H20BrN3O5. The van der Waals surface area contributed by atoms with Crippen LogP contribution in [0.25, 0.3) is 0 Å². The van der Waals surface area contributed by atoms with Gasteiger partial charge < -0.3 is 20.4 Å². The molecule has 1 amide bonds. The Balaban J connectivity index is 0.000000260. The van der Waals surface area contributed by atoms with Crippen LogP contribution in [0.5, 0.6) is 0 Å². The van der Waals surface area contributed by atoms with Crippen LogP contribution in [0.3, 0.4) is 0 Å². The number of carbonyl (C=O) groups excluding carboxylic acids is 1. The summed E-state index contributed by atoms with van der Waals surface area (Å²) in [6, 6.07) is 1.85. The van der Waals surface area contributed by atoms with E-state index < -0.39 is 11.9 Å². The van der Waals surface area contributed by atoms with Crippen molar-refractivity contribution in [2.75, 3.05) is 26.2 Å². The number of carbonyl (C=O) groups is 3. The number of carboxylic acids is 2. The van der Waals surface area contributed by atoms with E-state index in [9.17, 15) is 14.4 Å². The lowest BCUT2D eigenvalue weighted by atomic mass is 9.85. The Morgan fingerprint density at radius 2 is 1.69 bits per heavy atom. The molecule has 2 aliphatic heterocycles. The second-order valence-corrected chi connectivity index (χ2v) is 7.15. The van der Waals surface area contributed by atoms with Crippen LogP contribution in [-0.2, 0) is 9.59 Å². The van der Waals surface area contributed by atoms with Gasteiger partial charge in [0.25, 0.3) is 5.91 Å². The molecular weight excluding hydrogens is 406 g/mol. The number of nitrogens with zero attached hydrogens (tertiary/aromatic N) is 2. The molecule has 0 spiro atoms. The monoisotopic (exact) mass is 425 g/mol. The summed E-state index contributed by atoms with van der Waals surface area (Å²) in [5, 5.41) is 19.1. The Labute approximate surface area is 159 Å². The molecule has 1 aromatic rings. The second-order valence-electron chi connectivity index (χ2n) is 6.24. The fourth-order valence-electron chi connectivity index (χ4n) is 3.13. The normalized spacial score (nSPS) is 21.7. The number of hydrogen-bond donors (Lipinski definition) is 3. The van der Waals surface area contributed by atoms with Gasteiger partial charge in [0.1, 0.15) is 0 Å². The molecule has 0 unspecified atom stereocenters. The summed E-state index contributed by atoms with van der Waals surface area (Å²) in [5.74, 6) is -1.18. The molecule has 26 heavy (non-hydrogen) atoms. The van der Waals surface area contributed by atoms with Gasteiger partial charge in [-0.15, -0.1) is 0 Å². The quantitative estimate of drug-likeness (QED) is 0.622. The maximum absolute atomic E-state index is 12.4. The molecule has 0 aromatic carbocycles. The fraction of sp³-hybridized carbons (Fsp3) is 0.412. The van der Waals surface area contributed by atoms with E-state index in [1.54, 1.807) is 12.4 Å². The van der Waals surface area contributed by atoms with E-state index in [0.29, 0.717) is 29.6 Å². The zero-order valence-electron chi connectivity index (χ0n) is 14.0.